The van der Waals surface area contributed by atoms with Crippen LogP contribution in [0.2, 0.25) is 5.02 Å². The van der Waals surface area contributed by atoms with Crippen molar-refractivity contribution in [3.63, 3.8) is 0 Å². The fourth-order valence-electron chi connectivity index (χ4n) is 3.55. The summed E-state index contributed by atoms with van der Waals surface area (Å²) in [7, 11) is 0. The monoisotopic (exact) mass is 382 g/mol. The third kappa shape index (κ3) is 4.26. The molecule has 0 unspecified atom stereocenters. The molecule has 2 heterocycles. The van der Waals surface area contributed by atoms with Gasteiger partial charge < -0.3 is 15.2 Å². The summed E-state index contributed by atoms with van der Waals surface area (Å²) in [6.07, 6.45) is 2.76. The van der Waals surface area contributed by atoms with Gasteiger partial charge >= 0.3 is 6.03 Å². The third-order valence-corrected chi connectivity index (χ3v) is 5.23. The maximum atomic E-state index is 12.4. The molecule has 1 aliphatic rings. The van der Waals surface area contributed by atoms with E-state index >= 15 is 0 Å². The van der Waals surface area contributed by atoms with E-state index in [4.69, 9.17) is 11.6 Å². The molecule has 1 saturated heterocycles. The van der Waals surface area contributed by atoms with Crippen LogP contribution >= 0.6 is 11.6 Å². The molecule has 1 aromatic heterocycles. The minimum Gasteiger partial charge on any atom is -0.361 e. The van der Waals surface area contributed by atoms with Gasteiger partial charge in [0.2, 0.25) is 0 Å². The number of aromatic nitrogens is 1. The number of carbonyl (C=O) groups excluding carboxylic acids is 1. The van der Waals surface area contributed by atoms with Crippen molar-refractivity contribution in [1.82, 2.24) is 20.1 Å². The van der Waals surface area contributed by atoms with Gasteiger partial charge in [-0.05, 0) is 35.7 Å². The van der Waals surface area contributed by atoms with E-state index in [9.17, 15) is 4.79 Å². The van der Waals surface area contributed by atoms with Crippen molar-refractivity contribution in [3.8, 4) is 0 Å². The third-order valence-electron chi connectivity index (χ3n) is 4.99. The van der Waals surface area contributed by atoms with Gasteiger partial charge in [0.1, 0.15) is 0 Å². The molecule has 0 atom stereocenters. The largest absolute Gasteiger partial charge is 0.361 e. The molecular weight excluding hydrogens is 360 g/mol. The van der Waals surface area contributed by atoms with E-state index in [0.29, 0.717) is 13.2 Å². The first-order valence-corrected chi connectivity index (χ1v) is 9.61. The van der Waals surface area contributed by atoms with Crippen LogP contribution in [0.4, 0.5) is 4.79 Å². The van der Waals surface area contributed by atoms with Gasteiger partial charge in [-0.2, -0.15) is 0 Å². The maximum Gasteiger partial charge on any atom is 0.318 e. The molecule has 0 aliphatic carbocycles. The molecule has 5 nitrogen and oxygen atoms in total. The zero-order chi connectivity index (χ0) is 18.6. The lowest BCUT2D eigenvalue weighted by Crippen LogP contribution is -2.40. The standard InChI is InChI=1S/C21H23ClN4O/c22-18-6-7-20-19(12-18)17(13-24-20)8-9-23-21(27)26-11-10-25(15-26)14-16-4-2-1-3-5-16/h1-7,12-13,24H,8-11,14-15H2,(H,23,27). The minimum atomic E-state index is 0.00318. The number of amides is 2. The van der Waals surface area contributed by atoms with Crippen LogP contribution in [0.1, 0.15) is 11.1 Å². The zero-order valence-electron chi connectivity index (χ0n) is 15.1. The van der Waals surface area contributed by atoms with Crippen LogP contribution < -0.4 is 5.32 Å². The molecule has 0 bridgehead atoms. The maximum absolute atomic E-state index is 12.4. The number of carbonyl (C=O) groups is 1. The molecule has 0 radical (unpaired) electrons. The fourth-order valence-corrected chi connectivity index (χ4v) is 3.73. The minimum absolute atomic E-state index is 0.00318. The molecule has 2 aromatic carbocycles. The first-order chi connectivity index (χ1) is 13.2. The van der Waals surface area contributed by atoms with Crippen LogP contribution in [0.25, 0.3) is 10.9 Å². The lowest BCUT2D eigenvalue weighted by Gasteiger charge is -2.19. The summed E-state index contributed by atoms with van der Waals surface area (Å²) in [5.41, 5.74) is 3.51. The smallest absolute Gasteiger partial charge is 0.318 e. The molecule has 4 rings (SSSR count). The van der Waals surface area contributed by atoms with E-state index in [2.05, 4.69) is 27.3 Å². The lowest BCUT2D eigenvalue weighted by molar-refractivity contribution is 0.195. The predicted octanol–water partition coefficient (Wildman–Crippen LogP) is 3.85. The Kier molecular flexibility index (Phi) is 5.32. The van der Waals surface area contributed by atoms with Gasteiger partial charge in [0, 0.05) is 48.3 Å². The van der Waals surface area contributed by atoms with E-state index in [1.54, 1.807) is 0 Å². The summed E-state index contributed by atoms with van der Waals surface area (Å²) in [5, 5.41) is 4.88. The number of nitrogens with one attached hydrogen (secondary N) is 2. The van der Waals surface area contributed by atoms with Crippen LogP contribution in [0, 0.1) is 0 Å². The van der Waals surface area contributed by atoms with E-state index in [1.165, 1.54) is 11.1 Å². The van der Waals surface area contributed by atoms with Crippen molar-refractivity contribution >= 4 is 28.5 Å². The Labute approximate surface area is 163 Å². The fraction of sp³-hybridized carbons (Fsp3) is 0.286. The van der Waals surface area contributed by atoms with Crippen molar-refractivity contribution in [3.05, 3.63) is 70.9 Å². The van der Waals surface area contributed by atoms with Crippen molar-refractivity contribution in [1.29, 1.82) is 0 Å². The van der Waals surface area contributed by atoms with Gasteiger partial charge in [0.05, 0.1) is 6.67 Å². The van der Waals surface area contributed by atoms with Crippen LogP contribution in [0.5, 0.6) is 0 Å². The molecule has 2 amide bonds. The molecule has 1 aliphatic heterocycles. The first-order valence-electron chi connectivity index (χ1n) is 9.23. The summed E-state index contributed by atoms with van der Waals surface area (Å²) < 4.78 is 0. The molecule has 2 N–H and O–H groups in total. The number of halogens is 1. The van der Waals surface area contributed by atoms with Crippen LogP contribution in [-0.2, 0) is 13.0 Å². The SMILES string of the molecule is O=C(NCCc1c[nH]c2ccc(Cl)cc12)N1CCN(Cc2ccccc2)C1. The van der Waals surface area contributed by atoms with E-state index < -0.39 is 0 Å². The molecule has 0 saturated carbocycles. The lowest BCUT2D eigenvalue weighted by atomic mass is 10.1. The second-order valence-electron chi connectivity index (χ2n) is 6.93. The highest BCUT2D eigenvalue weighted by molar-refractivity contribution is 6.31. The number of hydrogen-bond donors (Lipinski definition) is 2. The number of rotatable bonds is 5. The first kappa shape index (κ1) is 17.9. The van der Waals surface area contributed by atoms with Crippen LogP contribution in [0.15, 0.2) is 54.7 Å². The highest BCUT2D eigenvalue weighted by Crippen LogP contribution is 2.22. The Hall–Kier alpha value is -2.50. The molecule has 3 aromatic rings. The van der Waals surface area contributed by atoms with Crippen molar-refractivity contribution in [2.45, 2.75) is 13.0 Å². The zero-order valence-corrected chi connectivity index (χ0v) is 15.9. The van der Waals surface area contributed by atoms with Crippen LogP contribution in [0.3, 0.4) is 0 Å². The summed E-state index contributed by atoms with van der Waals surface area (Å²) in [6, 6.07) is 16.2. The second-order valence-corrected chi connectivity index (χ2v) is 7.37. The highest BCUT2D eigenvalue weighted by atomic mass is 35.5. The number of aromatic amines is 1. The summed E-state index contributed by atoms with van der Waals surface area (Å²) in [4.78, 5) is 19.9. The summed E-state index contributed by atoms with van der Waals surface area (Å²) in [6.45, 7) is 3.82. The van der Waals surface area contributed by atoms with Gasteiger partial charge in [0.15, 0.2) is 0 Å². The van der Waals surface area contributed by atoms with Gasteiger partial charge in [0.25, 0.3) is 0 Å². The molecule has 1 fully saturated rings. The van der Waals surface area contributed by atoms with Gasteiger partial charge in [-0.1, -0.05) is 41.9 Å². The van der Waals surface area contributed by atoms with E-state index in [0.717, 1.165) is 42.0 Å². The Bertz CT molecular complexity index is 924. The Morgan fingerprint density at radius 1 is 1.15 bits per heavy atom. The van der Waals surface area contributed by atoms with Gasteiger partial charge in [-0.15, -0.1) is 0 Å². The Morgan fingerprint density at radius 2 is 2.00 bits per heavy atom. The molecular formula is C21H23ClN4O. The number of hydrogen-bond acceptors (Lipinski definition) is 2. The summed E-state index contributed by atoms with van der Waals surface area (Å²) in [5.74, 6) is 0. The number of fused-ring (bicyclic) bond motifs is 1. The number of H-pyrrole nitrogens is 1. The van der Waals surface area contributed by atoms with Crippen LogP contribution in [-0.4, -0.2) is 47.1 Å². The Balaban J connectivity index is 1.26. The normalized spacial score (nSPS) is 14.8. The highest BCUT2D eigenvalue weighted by Gasteiger charge is 2.23. The van der Waals surface area contributed by atoms with Crippen molar-refractivity contribution < 1.29 is 4.79 Å². The average Bonchev–Trinajstić information content (AvgIpc) is 3.30. The van der Waals surface area contributed by atoms with E-state index in [1.807, 2.05) is 47.5 Å². The number of benzene rings is 2. The molecule has 0 spiro atoms. The van der Waals surface area contributed by atoms with Gasteiger partial charge in [-0.25, -0.2) is 4.79 Å². The van der Waals surface area contributed by atoms with Gasteiger partial charge in [-0.3, -0.25) is 4.90 Å². The predicted molar refractivity (Wildman–Crippen MR) is 109 cm³/mol. The quantitative estimate of drug-likeness (QED) is 0.704. The average molecular weight is 383 g/mol. The molecule has 6 heteroatoms. The Morgan fingerprint density at radius 3 is 2.85 bits per heavy atom. The van der Waals surface area contributed by atoms with Crippen molar-refractivity contribution in [2.24, 2.45) is 0 Å². The number of nitrogens with zero attached hydrogens (tertiary/aromatic N) is 2. The topological polar surface area (TPSA) is 51.4 Å². The number of urea groups is 1. The molecule has 140 valence electrons. The molecule has 27 heavy (non-hydrogen) atoms. The summed E-state index contributed by atoms with van der Waals surface area (Å²) >= 11 is 6.09. The van der Waals surface area contributed by atoms with Crippen molar-refractivity contribution in [2.75, 3.05) is 26.3 Å². The van der Waals surface area contributed by atoms with E-state index in [-0.39, 0.29) is 6.03 Å². The second kappa shape index (κ2) is 8.03.